The van der Waals surface area contributed by atoms with Gasteiger partial charge in [0, 0.05) is 30.2 Å². The second-order valence-electron chi connectivity index (χ2n) is 7.55. The topological polar surface area (TPSA) is 87.0 Å². The van der Waals surface area contributed by atoms with Gasteiger partial charge in [0.05, 0.1) is 11.3 Å². The summed E-state index contributed by atoms with van der Waals surface area (Å²) in [7, 11) is -2.52. The molecule has 0 unspecified atom stereocenters. The van der Waals surface area contributed by atoms with E-state index >= 15 is 0 Å². The Labute approximate surface area is 194 Å². The number of sulfone groups is 1. The van der Waals surface area contributed by atoms with Crippen molar-refractivity contribution < 1.29 is 39.5 Å². The maximum absolute atomic E-state index is 13.1. The average Bonchev–Trinajstić information content (AvgIpc) is 3.11. The van der Waals surface area contributed by atoms with Gasteiger partial charge in [-0.05, 0) is 24.3 Å². The lowest BCUT2D eigenvalue weighted by Crippen LogP contribution is -2.19. The number of benzene rings is 1. The number of fused-ring (bicyclic) bond motifs is 2. The molecular formula is C21H16F6N4O3S. The zero-order chi connectivity index (χ0) is 25.8. The molecule has 0 radical (unpaired) electrons. The Morgan fingerprint density at radius 3 is 2.37 bits per heavy atom. The van der Waals surface area contributed by atoms with Crippen LogP contribution in [-0.4, -0.2) is 46.5 Å². The van der Waals surface area contributed by atoms with Crippen LogP contribution in [0.15, 0.2) is 41.6 Å². The summed E-state index contributed by atoms with van der Waals surface area (Å²) in [6.07, 6.45) is -7.34. The largest absolute Gasteiger partial charge is 0.484 e. The molecule has 0 atom stereocenters. The van der Waals surface area contributed by atoms with Gasteiger partial charge in [-0.25, -0.2) is 18.4 Å². The van der Waals surface area contributed by atoms with Crippen LogP contribution in [0.5, 0.6) is 5.75 Å². The molecule has 186 valence electrons. The lowest BCUT2D eigenvalue weighted by atomic mass is 10.1. The van der Waals surface area contributed by atoms with E-state index in [2.05, 4.69) is 15.0 Å². The Balaban J connectivity index is 1.93. The van der Waals surface area contributed by atoms with Crippen molar-refractivity contribution >= 4 is 31.8 Å². The number of hydrogen-bond donors (Lipinski definition) is 0. The highest BCUT2D eigenvalue weighted by molar-refractivity contribution is 7.91. The van der Waals surface area contributed by atoms with Crippen LogP contribution < -0.4 is 4.74 Å². The molecule has 1 aromatic carbocycles. The minimum absolute atomic E-state index is 0.0434. The maximum atomic E-state index is 13.1. The first-order valence-electron chi connectivity index (χ1n) is 9.96. The average molecular weight is 518 g/mol. The van der Waals surface area contributed by atoms with Gasteiger partial charge in [0.1, 0.15) is 21.9 Å². The van der Waals surface area contributed by atoms with Gasteiger partial charge in [0.15, 0.2) is 27.9 Å². The molecule has 3 aromatic heterocycles. The lowest BCUT2D eigenvalue weighted by Gasteiger charge is -2.14. The number of rotatable bonds is 5. The summed E-state index contributed by atoms with van der Waals surface area (Å²) >= 11 is 0. The van der Waals surface area contributed by atoms with E-state index in [4.69, 9.17) is 4.74 Å². The number of ether oxygens (including phenoxy) is 1. The summed E-state index contributed by atoms with van der Waals surface area (Å²) in [5.74, 6) is -0.526. The quantitative estimate of drug-likeness (QED) is 0.348. The molecule has 14 heteroatoms. The van der Waals surface area contributed by atoms with Gasteiger partial charge in [-0.2, -0.15) is 26.3 Å². The molecule has 0 saturated heterocycles. The van der Waals surface area contributed by atoms with Gasteiger partial charge >= 0.3 is 12.4 Å². The molecule has 4 rings (SSSR count). The van der Waals surface area contributed by atoms with Crippen LogP contribution in [0, 0.1) is 0 Å². The molecule has 7 nitrogen and oxygen atoms in total. The fourth-order valence-corrected chi connectivity index (χ4v) is 4.74. The Kier molecular flexibility index (Phi) is 5.90. The van der Waals surface area contributed by atoms with Crippen molar-refractivity contribution in [2.75, 3.05) is 12.4 Å². The molecule has 0 aliphatic rings. The number of hydrogen-bond acceptors (Lipinski definition) is 6. The molecule has 0 aliphatic carbocycles. The third-order valence-electron chi connectivity index (χ3n) is 5.16. The highest BCUT2D eigenvalue weighted by atomic mass is 32.2. The van der Waals surface area contributed by atoms with Crippen molar-refractivity contribution in [1.29, 1.82) is 0 Å². The van der Waals surface area contributed by atoms with E-state index in [1.807, 2.05) is 0 Å². The van der Waals surface area contributed by atoms with Crippen molar-refractivity contribution in [1.82, 2.24) is 19.5 Å². The van der Waals surface area contributed by atoms with Crippen molar-refractivity contribution in [2.24, 2.45) is 7.05 Å². The van der Waals surface area contributed by atoms with Gasteiger partial charge in [-0.15, -0.1) is 0 Å². The highest BCUT2D eigenvalue weighted by Gasteiger charge is 2.33. The highest BCUT2D eigenvalue weighted by Crippen LogP contribution is 2.36. The van der Waals surface area contributed by atoms with E-state index in [0.717, 1.165) is 6.07 Å². The van der Waals surface area contributed by atoms with Gasteiger partial charge in [0.25, 0.3) is 0 Å². The molecule has 0 spiro atoms. The SMILES string of the molecule is CCS(=O)(=O)c1c(-c2nc3cc(C(F)(F)F)cnc3n2C)ncc2cc(OCC(F)(F)F)ccc12. The molecule has 0 N–H and O–H groups in total. The van der Waals surface area contributed by atoms with E-state index in [1.54, 1.807) is 0 Å². The van der Waals surface area contributed by atoms with Crippen molar-refractivity contribution in [3.8, 4) is 17.3 Å². The molecule has 0 aliphatic heterocycles. The van der Waals surface area contributed by atoms with Crippen LogP contribution in [0.1, 0.15) is 12.5 Å². The molecule has 0 amide bonds. The van der Waals surface area contributed by atoms with Crippen molar-refractivity contribution in [2.45, 2.75) is 24.2 Å². The first kappa shape index (κ1) is 24.7. The Hall–Kier alpha value is -3.42. The van der Waals surface area contributed by atoms with E-state index < -0.39 is 34.4 Å². The summed E-state index contributed by atoms with van der Waals surface area (Å²) < 4.78 is 109. The van der Waals surface area contributed by atoms with Crippen LogP contribution in [0.3, 0.4) is 0 Å². The minimum atomic E-state index is -4.65. The fourth-order valence-electron chi connectivity index (χ4n) is 3.49. The number of halogens is 6. The number of nitrogens with zero attached hydrogens (tertiary/aromatic N) is 4. The lowest BCUT2D eigenvalue weighted by molar-refractivity contribution is -0.153. The van der Waals surface area contributed by atoms with Crippen LogP contribution >= 0.6 is 0 Å². The number of aromatic nitrogens is 4. The second-order valence-corrected chi connectivity index (χ2v) is 9.77. The normalized spacial score (nSPS) is 13.0. The Morgan fingerprint density at radius 1 is 1.03 bits per heavy atom. The molecule has 0 saturated carbocycles. The van der Waals surface area contributed by atoms with Crippen LogP contribution in [0.4, 0.5) is 26.3 Å². The predicted octanol–water partition coefficient (Wildman–Crippen LogP) is 4.94. The Morgan fingerprint density at radius 2 is 1.74 bits per heavy atom. The number of alkyl halides is 6. The summed E-state index contributed by atoms with van der Waals surface area (Å²) in [6.45, 7) is -0.137. The van der Waals surface area contributed by atoms with Gasteiger partial charge < -0.3 is 9.30 Å². The third kappa shape index (κ3) is 4.74. The van der Waals surface area contributed by atoms with Crippen LogP contribution in [-0.2, 0) is 23.1 Å². The van der Waals surface area contributed by atoms with E-state index in [9.17, 15) is 34.8 Å². The molecule has 4 aromatic rings. The maximum Gasteiger partial charge on any atom is 0.422 e. The van der Waals surface area contributed by atoms with Crippen molar-refractivity contribution in [3.05, 3.63) is 42.2 Å². The predicted molar refractivity (Wildman–Crippen MR) is 114 cm³/mol. The summed E-state index contributed by atoms with van der Waals surface area (Å²) in [5, 5.41) is 0.337. The number of aryl methyl sites for hydroxylation is 1. The minimum Gasteiger partial charge on any atom is -0.484 e. The van der Waals surface area contributed by atoms with Gasteiger partial charge in [-0.3, -0.25) is 4.98 Å². The number of imidazole rings is 1. The first-order valence-corrected chi connectivity index (χ1v) is 11.6. The van der Waals surface area contributed by atoms with Gasteiger partial charge in [-0.1, -0.05) is 6.92 Å². The second kappa shape index (κ2) is 8.36. The smallest absolute Gasteiger partial charge is 0.422 e. The van der Waals surface area contributed by atoms with Crippen molar-refractivity contribution in [3.63, 3.8) is 0 Å². The zero-order valence-corrected chi connectivity index (χ0v) is 18.9. The van der Waals surface area contributed by atoms with E-state index in [1.165, 1.54) is 42.9 Å². The summed E-state index contributed by atoms with van der Waals surface area (Å²) in [5.41, 5.74) is -1.19. The molecule has 35 heavy (non-hydrogen) atoms. The summed E-state index contributed by atoms with van der Waals surface area (Å²) in [4.78, 5) is 11.9. The first-order chi connectivity index (χ1) is 16.2. The van der Waals surface area contributed by atoms with E-state index in [-0.39, 0.29) is 49.9 Å². The molecule has 3 heterocycles. The monoisotopic (exact) mass is 518 g/mol. The molecular weight excluding hydrogens is 502 g/mol. The molecule has 0 bridgehead atoms. The molecule has 0 fully saturated rings. The summed E-state index contributed by atoms with van der Waals surface area (Å²) in [6, 6.07) is 4.50. The number of pyridine rings is 2. The fraction of sp³-hybridized carbons (Fsp3) is 0.286. The standard InChI is InChI=1S/C21H16F6N4O3S/c1-3-35(32,33)17-14-5-4-13(34-10-20(22,23)24)6-11(14)8-28-16(17)19-30-15-7-12(21(25,26)27)9-29-18(15)31(19)2/h4-9H,3,10H2,1-2H3. The van der Waals surface area contributed by atoms with E-state index in [0.29, 0.717) is 6.20 Å². The third-order valence-corrected chi connectivity index (χ3v) is 6.95. The zero-order valence-electron chi connectivity index (χ0n) is 18.1. The Bertz CT molecular complexity index is 1540. The van der Waals surface area contributed by atoms with Crippen LogP contribution in [0.25, 0.3) is 33.5 Å². The van der Waals surface area contributed by atoms with Crippen LogP contribution in [0.2, 0.25) is 0 Å². The van der Waals surface area contributed by atoms with Gasteiger partial charge in [0.2, 0.25) is 0 Å².